The lowest BCUT2D eigenvalue weighted by atomic mass is 10.1. The van der Waals surface area contributed by atoms with Crippen molar-refractivity contribution in [3.8, 4) is 0 Å². The van der Waals surface area contributed by atoms with Crippen molar-refractivity contribution in [1.29, 1.82) is 0 Å². The van der Waals surface area contributed by atoms with Crippen LogP contribution in [0.1, 0.15) is 61.3 Å². The van der Waals surface area contributed by atoms with E-state index in [9.17, 15) is 14.4 Å². The minimum absolute atomic E-state index is 0.197. The standard InChI is InChI=1S/C25H24N2O4/c1-16-14-21(17(2)27(16)19-12-13-19)23(28)15-31-25(30)20-10-6-7-11-22(20)26-24(29)18-8-4-3-5-9-18/h3-11,14,19H,12-13,15H2,1-2H3,(H,26,29). The van der Waals surface area contributed by atoms with Crippen LogP contribution in [0.3, 0.4) is 0 Å². The van der Waals surface area contributed by atoms with Gasteiger partial charge in [0.1, 0.15) is 0 Å². The highest BCUT2D eigenvalue weighted by atomic mass is 16.5. The number of para-hydroxylation sites is 1. The molecule has 6 heteroatoms. The van der Waals surface area contributed by atoms with E-state index in [2.05, 4.69) is 9.88 Å². The van der Waals surface area contributed by atoms with E-state index >= 15 is 0 Å². The van der Waals surface area contributed by atoms with E-state index in [1.54, 1.807) is 48.5 Å². The summed E-state index contributed by atoms with van der Waals surface area (Å²) < 4.78 is 7.49. The van der Waals surface area contributed by atoms with E-state index in [0.29, 0.717) is 22.9 Å². The molecule has 0 spiro atoms. The van der Waals surface area contributed by atoms with E-state index in [1.165, 1.54) is 0 Å². The minimum atomic E-state index is -0.659. The second-order valence-corrected chi connectivity index (χ2v) is 7.75. The van der Waals surface area contributed by atoms with Gasteiger partial charge in [-0.05, 0) is 57.0 Å². The maximum atomic E-state index is 12.7. The van der Waals surface area contributed by atoms with E-state index < -0.39 is 5.97 Å². The summed E-state index contributed by atoms with van der Waals surface area (Å²) >= 11 is 0. The molecular formula is C25H24N2O4. The summed E-state index contributed by atoms with van der Waals surface area (Å²) in [5.74, 6) is -1.23. The molecule has 1 heterocycles. The SMILES string of the molecule is Cc1cc(C(=O)COC(=O)c2ccccc2NC(=O)c2ccccc2)c(C)n1C1CC1. The number of carbonyl (C=O) groups is 3. The van der Waals surface area contributed by atoms with Crippen LogP contribution in [0.15, 0.2) is 60.7 Å². The summed E-state index contributed by atoms with van der Waals surface area (Å²) in [7, 11) is 0. The van der Waals surface area contributed by atoms with E-state index in [1.807, 2.05) is 26.0 Å². The van der Waals surface area contributed by atoms with Gasteiger partial charge in [-0.2, -0.15) is 0 Å². The molecule has 31 heavy (non-hydrogen) atoms. The van der Waals surface area contributed by atoms with E-state index in [0.717, 1.165) is 24.2 Å². The molecule has 1 saturated carbocycles. The van der Waals surface area contributed by atoms with Gasteiger partial charge in [-0.3, -0.25) is 9.59 Å². The lowest BCUT2D eigenvalue weighted by Gasteiger charge is -2.11. The number of nitrogens with zero attached hydrogens (tertiary/aromatic N) is 1. The Bertz CT molecular complexity index is 1140. The van der Waals surface area contributed by atoms with Gasteiger partial charge in [-0.1, -0.05) is 30.3 Å². The number of hydrogen-bond acceptors (Lipinski definition) is 4. The molecule has 1 N–H and O–H groups in total. The topological polar surface area (TPSA) is 77.4 Å². The van der Waals surface area contributed by atoms with Crippen molar-refractivity contribution in [2.24, 2.45) is 0 Å². The predicted octanol–water partition coefficient (Wildman–Crippen LogP) is 4.73. The summed E-state index contributed by atoms with van der Waals surface area (Å²) in [5.41, 5.74) is 3.55. The molecule has 0 unspecified atom stereocenters. The molecule has 4 rings (SSSR count). The highest BCUT2D eigenvalue weighted by molar-refractivity contribution is 6.08. The lowest BCUT2D eigenvalue weighted by Crippen LogP contribution is -2.18. The van der Waals surface area contributed by atoms with Crippen LogP contribution >= 0.6 is 0 Å². The minimum Gasteiger partial charge on any atom is -0.454 e. The average Bonchev–Trinajstić information content (AvgIpc) is 3.57. The smallest absolute Gasteiger partial charge is 0.340 e. The number of amides is 1. The molecule has 6 nitrogen and oxygen atoms in total. The molecule has 0 bridgehead atoms. The van der Waals surface area contributed by atoms with Gasteiger partial charge >= 0.3 is 5.97 Å². The van der Waals surface area contributed by atoms with Gasteiger partial charge < -0.3 is 14.6 Å². The fourth-order valence-electron chi connectivity index (χ4n) is 3.79. The molecule has 158 valence electrons. The zero-order valence-corrected chi connectivity index (χ0v) is 17.6. The number of nitrogens with one attached hydrogen (secondary N) is 1. The van der Waals surface area contributed by atoms with Gasteiger partial charge in [0, 0.05) is 28.6 Å². The van der Waals surface area contributed by atoms with Crippen molar-refractivity contribution >= 4 is 23.3 Å². The molecule has 0 radical (unpaired) electrons. The van der Waals surface area contributed by atoms with Crippen LogP contribution < -0.4 is 5.32 Å². The maximum absolute atomic E-state index is 12.7. The number of hydrogen-bond donors (Lipinski definition) is 1. The van der Waals surface area contributed by atoms with Gasteiger partial charge in [-0.25, -0.2) is 4.79 Å². The second kappa shape index (κ2) is 8.60. The molecule has 1 aliphatic rings. The number of Topliss-reactive ketones (excluding diaryl/α,β-unsaturated/α-hetero) is 1. The van der Waals surface area contributed by atoms with Crippen molar-refractivity contribution < 1.29 is 19.1 Å². The van der Waals surface area contributed by atoms with Crippen LogP contribution in [0.2, 0.25) is 0 Å². The highest BCUT2D eigenvalue weighted by Gasteiger charge is 2.28. The number of rotatable bonds is 7. The van der Waals surface area contributed by atoms with Crippen LogP contribution in [0.25, 0.3) is 0 Å². The first-order valence-electron chi connectivity index (χ1n) is 10.3. The van der Waals surface area contributed by atoms with Gasteiger partial charge in [0.2, 0.25) is 5.78 Å². The molecule has 1 aromatic heterocycles. The monoisotopic (exact) mass is 416 g/mol. The van der Waals surface area contributed by atoms with Crippen molar-refractivity contribution in [2.75, 3.05) is 11.9 Å². The molecule has 0 atom stereocenters. The number of esters is 1. The zero-order valence-electron chi connectivity index (χ0n) is 17.6. The first-order valence-corrected chi connectivity index (χ1v) is 10.3. The zero-order chi connectivity index (χ0) is 22.0. The van der Waals surface area contributed by atoms with Crippen molar-refractivity contribution in [1.82, 2.24) is 4.57 Å². The van der Waals surface area contributed by atoms with Crippen molar-refractivity contribution in [2.45, 2.75) is 32.7 Å². The van der Waals surface area contributed by atoms with Gasteiger partial charge in [-0.15, -0.1) is 0 Å². The van der Waals surface area contributed by atoms with Crippen LogP contribution in [0.5, 0.6) is 0 Å². The first kappa shape index (κ1) is 20.6. The Kier molecular flexibility index (Phi) is 5.71. The van der Waals surface area contributed by atoms with Crippen molar-refractivity contribution in [3.05, 3.63) is 88.7 Å². The number of ether oxygens (including phenoxy) is 1. The quantitative estimate of drug-likeness (QED) is 0.446. The Morgan fingerprint density at radius 3 is 2.35 bits per heavy atom. The molecule has 1 aliphatic carbocycles. The fraction of sp³-hybridized carbons (Fsp3) is 0.240. The Hall–Kier alpha value is -3.67. The maximum Gasteiger partial charge on any atom is 0.340 e. The average molecular weight is 416 g/mol. The molecule has 2 aromatic carbocycles. The predicted molar refractivity (Wildman–Crippen MR) is 118 cm³/mol. The lowest BCUT2D eigenvalue weighted by molar-refractivity contribution is 0.0475. The first-order chi connectivity index (χ1) is 15.0. The molecule has 0 aliphatic heterocycles. The molecular weight excluding hydrogens is 392 g/mol. The molecule has 1 amide bonds. The Balaban J connectivity index is 1.44. The summed E-state index contributed by atoms with van der Waals surface area (Å²) in [6.45, 7) is 3.56. The normalized spacial score (nSPS) is 13.0. The number of aromatic nitrogens is 1. The van der Waals surface area contributed by atoms with E-state index in [4.69, 9.17) is 4.74 Å². The van der Waals surface area contributed by atoms with Gasteiger partial charge in [0.25, 0.3) is 5.91 Å². The van der Waals surface area contributed by atoms with Crippen molar-refractivity contribution in [3.63, 3.8) is 0 Å². The van der Waals surface area contributed by atoms with Crippen LogP contribution in [-0.4, -0.2) is 28.8 Å². The third-order valence-electron chi connectivity index (χ3n) is 5.46. The van der Waals surface area contributed by atoms with E-state index in [-0.39, 0.29) is 23.9 Å². The van der Waals surface area contributed by atoms with Crippen LogP contribution in [0, 0.1) is 13.8 Å². The Morgan fingerprint density at radius 2 is 1.65 bits per heavy atom. The fourth-order valence-corrected chi connectivity index (χ4v) is 3.79. The second-order valence-electron chi connectivity index (χ2n) is 7.75. The number of ketones is 1. The number of carbonyl (C=O) groups excluding carboxylic acids is 3. The summed E-state index contributed by atoms with van der Waals surface area (Å²) in [6.07, 6.45) is 2.26. The molecule has 0 saturated heterocycles. The molecule has 3 aromatic rings. The summed E-state index contributed by atoms with van der Waals surface area (Å²) in [6, 6.07) is 17.6. The third kappa shape index (κ3) is 4.43. The number of benzene rings is 2. The number of aryl methyl sites for hydroxylation is 1. The van der Waals surface area contributed by atoms with Crippen LogP contribution in [-0.2, 0) is 4.74 Å². The number of anilines is 1. The highest BCUT2D eigenvalue weighted by Crippen LogP contribution is 2.38. The largest absolute Gasteiger partial charge is 0.454 e. The van der Waals surface area contributed by atoms with Gasteiger partial charge in [0.05, 0.1) is 11.3 Å². The Morgan fingerprint density at radius 1 is 0.968 bits per heavy atom. The van der Waals surface area contributed by atoms with Crippen LogP contribution in [0.4, 0.5) is 5.69 Å². The summed E-state index contributed by atoms with van der Waals surface area (Å²) in [5, 5.41) is 2.74. The third-order valence-corrected chi connectivity index (χ3v) is 5.46. The Labute approximate surface area is 180 Å². The molecule has 1 fully saturated rings. The summed E-state index contributed by atoms with van der Waals surface area (Å²) in [4.78, 5) is 37.8. The van der Waals surface area contributed by atoms with Gasteiger partial charge in [0.15, 0.2) is 6.61 Å².